The summed E-state index contributed by atoms with van der Waals surface area (Å²) in [5, 5.41) is 0. The molecule has 0 aromatic carbocycles. The van der Waals surface area contributed by atoms with Gasteiger partial charge in [0, 0.05) is 6.42 Å². The van der Waals surface area contributed by atoms with Gasteiger partial charge in [-0.1, -0.05) is 21.8 Å². The average molecular weight is 521 g/mol. The van der Waals surface area contributed by atoms with Crippen LogP contribution < -0.4 is 0 Å². The molecule has 0 heterocycles. The Morgan fingerprint density at radius 2 is 1.37 bits per heavy atom. The fourth-order valence-corrected chi connectivity index (χ4v) is 5.79. The van der Waals surface area contributed by atoms with E-state index in [2.05, 4.69) is 4.74 Å². The molecule has 4 aliphatic rings. The molecular weight excluding hydrogens is 482 g/mol. The molecule has 0 radical (unpaired) electrons. The van der Waals surface area contributed by atoms with Crippen molar-refractivity contribution < 1.29 is 50.1 Å². The minimum atomic E-state index is -5.79. The van der Waals surface area contributed by atoms with Crippen molar-refractivity contribution in [2.24, 2.45) is 17.3 Å². The molecular formula is C24H38F6O5. The predicted octanol–water partition coefficient (Wildman–Crippen LogP) is 6.77. The van der Waals surface area contributed by atoms with Crippen LogP contribution in [0, 0.1) is 17.3 Å². The van der Waals surface area contributed by atoms with Gasteiger partial charge in [0.05, 0.1) is 11.0 Å². The fraction of sp³-hybridized carbons (Fsp3) is 0.917. The first-order valence-corrected chi connectivity index (χ1v) is 11.2. The molecule has 0 saturated heterocycles. The number of halogens is 6. The SMILES string of the molecule is C.C.CCC(C)(C)C(=O)OC12CC3CC(C1)CC(OC(C)C(=O)OC(C(F)(F)F)C(F)(F)F)(C3)C2. The number of hydrogen-bond acceptors (Lipinski definition) is 5. The van der Waals surface area contributed by atoms with Crippen LogP contribution in [0.2, 0.25) is 0 Å². The molecule has 11 heteroatoms. The number of carbonyl (C=O) groups excluding carboxylic acids is 2. The topological polar surface area (TPSA) is 61.8 Å². The maximum Gasteiger partial charge on any atom is 0.434 e. The lowest BCUT2D eigenvalue weighted by atomic mass is 9.52. The van der Waals surface area contributed by atoms with Crippen molar-refractivity contribution in [2.45, 2.75) is 123 Å². The first-order chi connectivity index (χ1) is 14.9. The van der Waals surface area contributed by atoms with E-state index in [4.69, 9.17) is 9.47 Å². The van der Waals surface area contributed by atoms with Gasteiger partial charge in [-0.05, 0) is 71.1 Å². The molecule has 0 amide bonds. The highest BCUT2D eigenvalue weighted by atomic mass is 19.4. The van der Waals surface area contributed by atoms with E-state index in [1.54, 1.807) is 13.8 Å². The number of carbonyl (C=O) groups is 2. The van der Waals surface area contributed by atoms with Crippen molar-refractivity contribution in [2.75, 3.05) is 0 Å². The van der Waals surface area contributed by atoms with Gasteiger partial charge in [0.15, 0.2) is 6.10 Å². The van der Waals surface area contributed by atoms with Crippen molar-refractivity contribution in [3.05, 3.63) is 0 Å². The Kier molecular flexibility index (Phi) is 9.08. The van der Waals surface area contributed by atoms with Crippen molar-refractivity contribution >= 4 is 11.9 Å². The second kappa shape index (κ2) is 10.1. The van der Waals surface area contributed by atoms with E-state index in [0.717, 1.165) is 13.3 Å². The molecule has 4 rings (SSSR count). The van der Waals surface area contributed by atoms with E-state index in [0.29, 0.717) is 32.1 Å². The van der Waals surface area contributed by atoms with Gasteiger partial charge in [-0.3, -0.25) is 4.79 Å². The van der Waals surface area contributed by atoms with Crippen molar-refractivity contribution in [3.8, 4) is 0 Å². The van der Waals surface area contributed by atoms with Crippen LogP contribution >= 0.6 is 0 Å². The van der Waals surface area contributed by atoms with Crippen molar-refractivity contribution in [1.29, 1.82) is 0 Å². The average Bonchev–Trinajstić information content (AvgIpc) is 2.61. The van der Waals surface area contributed by atoms with Crippen LogP contribution in [-0.2, 0) is 23.8 Å². The number of hydrogen-bond donors (Lipinski definition) is 0. The summed E-state index contributed by atoms with van der Waals surface area (Å²) >= 11 is 0. The van der Waals surface area contributed by atoms with Crippen LogP contribution in [0.15, 0.2) is 0 Å². The third kappa shape index (κ3) is 6.63. The molecule has 0 aliphatic heterocycles. The summed E-state index contributed by atoms with van der Waals surface area (Å²) in [7, 11) is 0. The molecule has 0 aromatic rings. The third-order valence-electron chi connectivity index (χ3n) is 7.29. The van der Waals surface area contributed by atoms with Crippen molar-refractivity contribution in [3.63, 3.8) is 0 Å². The standard InChI is InChI=1S/C22H30F6O5.2CH4/c1-5-18(3,4)17(30)33-20-9-13-6-14(10-20)8-19(7-13,11-20)32-12(2)15(29)31-16(21(23,24)25)22(26,27)28;;/h12-14,16H,5-11H2,1-4H3;2*1H4. The molecule has 0 aromatic heterocycles. The Balaban J connectivity index is 0.00000306. The Hall–Kier alpha value is -1.52. The van der Waals surface area contributed by atoms with Crippen LogP contribution in [0.1, 0.15) is 87.5 Å². The lowest BCUT2D eigenvalue weighted by Gasteiger charge is -2.61. The van der Waals surface area contributed by atoms with Crippen LogP contribution in [0.4, 0.5) is 26.3 Å². The number of esters is 2. The zero-order chi connectivity index (χ0) is 25.0. The molecule has 0 N–H and O–H groups in total. The molecule has 4 bridgehead atoms. The molecule has 4 saturated carbocycles. The molecule has 5 nitrogen and oxygen atoms in total. The van der Waals surface area contributed by atoms with Crippen molar-refractivity contribution in [1.82, 2.24) is 0 Å². The Bertz CT molecular complexity index is 747. The van der Waals surface area contributed by atoms with Gasteiger partial charge in [0.2, 0.25) is 0 Å². The van der Waals surface area contributed by atoms with E-state index >= 15 is 0 Å². The fourth-order valence-electron chi connectivity index (χ4n) is 5.79. The van der Waals surface area contributed by atoms with Crippen LogP contribution in [-0.4, -0.2) is 47.7 Å². The Labute approximate surface area is 203 Å². The number of rotatable bonds is 7. The second-order valence-electron chi connectivity index (χ2n) is 10.6. The second-order valence-corrected chi connectivity index (χ2v) is 10.6. The summed E-state index contributed by atoms with van der Waals surface area (Å²) in [5.41, 5.74) is -2.47. The summed E-state index contributed by atoms with van der Waals surface area (Å²) < 4.78 is 92.3. The van der Waals surface area contributed by atoms with E-state index in [9.17, 15) is 35.9 Å². The number of alkyl halides is 6. The molecule has 206 valence electrons. The zero-order valence-corrected chi connectivity index (χ0v) is 19.1. The van der Waals surface area contributed by atoms with E-state index in [1.807, 2.05) is 6.92 Å². The van der Waals surface area contributed by atoms with Gasteiger partial charge in [-0.15, -0.1) is 0 Å². The van der Waals surface area contributed by atoms with Gasteiger partial charge in [-0.2, -0.15) is 26.3 Å². The number of ether oxygens (including phenoxy) is 3. The van der Waals surface area contributed by atoms with Gasteiger partial charge in [0.25, 0.3) is 6.10 Å². The summed E-state index contributed by atoms with van der Waals surface area (Å²) in [5.74, 6) is -1.83. The maximum atomic E-state index is 12.8. The monoisotopic (exact) mass is 520 g/mol. The first kappa shape index (κ1) is 31.5. The molecule has 3 atom stereocenters. The molecule has 4 fully saturated rings. The Morgan fingerprint density at radius 3 is 1.80 bits per heavy atom. The van der Waals surface area contributed by atoms with E-state index < -0.39 is 47.1 Å². The first-order valence-electron chi connectivity index (χ1n) is 11.2. The van der Waals surface area contributed by atoms with Gasteiger partial charge in [0.1, 0.15) is 5.60 Å². The quantitative estimate of drug-likeness (QED) is 0.274. The lowest BCUT2D eigenvalue weighted by molar-refractivity contribution is -0.317. The van der Waals surface area contributed by atoms with Crippen LogP contribution in [0.25, 0.3) is 0 Å². The third-order valence-corrected chi connectivity index (χ3v) is 7.29. The highest BCUT2D eigenvalue weighted by Crippen LogP contribution is 2.60. The summed E-state index contributed by atoms with van der Waals surface area (Å²) in [6.45, 7) is 6.51. The summed E-state index contributed by atoms with van der Waals surface area (Å²) in [6.07, 6.45) is -13.5. The zero-order valence-electron chi connectivity index (χ0n) is 19.1. The predicted molar refractivity (Wildman–Crippen MR) is 116 cm³/mol. The van der Waals surface area contributed by atoms with Gasteiger partial charge in [-0.25, -0.2) is 4.79 Å². The highest BCUT2D eigenvalue weighted by Gasteiger charge is 2.63. The van der Waals surface area contributed by atoms with Gasteiger partial charge < -0.3 is 14.2 Å². The molecule has 4 aliphatic carbocycles. The minimum Gasteiger partial charge on any atom is -0.459 e. The van der Waals surface area contributed by atoms with E-state index in [1.165, 1.54) is 0 Å². The van der Waals surface area contributed by atoms with Crippen LogP contribution in [0.3, 0.4) is 0 Å². The lowest BCUT2D eigenvalue weighted by Crippen LogP contribution is -2.62. The van der Waals surface area contributed by atoms with Gasteiger partial charge >= 0.3 is 24.3 Å². The van der Waals surface area contributed by atoms with Crippen LogP contribution in [0.5, 0.6) is 0 Å². The molecule has 0 spiro atoms. The normalized spacial score (nSPS) is 30.8. The smallest absolute Gasteiger partial charge is 0.434 e. The highest BCUT2D eigenvalue weighted by molar-refractivity contribution is 5.76. The summed E-state index contributed by atoms with van der Waals surface area (Å²) in [4.78, 5) is 24.9. The Morgan fingerprint density at radius 1 is 0.914 bits per heavy atom. The van der Waals surface area contributed by atoms with E-state index in [-0.39, 0.29) is 39.1 Å². The molecule has 35 heavy (non-hydrogen) atoms. The maximum absolute atomic E-state index is 12.8. The summed E-state index contributed by atoms with van der Waals surface area (Å²) in [6, 6.07) is 0. The minimum absolute atomic E-state index is 0. The largest absolute Gasteiger partial charge is 0.459 e. The molecule has 3 unspecified atom stereocenters.